The second kappa shape index (κ2) is 9.82. The highest BCUT2D eigenvalue weighted by Crippen LogP contribution is 2.49. The molecule has 3 aliphatic rings. The number of halogens is 1. The largest absolute Gasteiger partial charge is 0.501 e. The average Bonchev–Trinajstić information content (AvgIpc) is 3.14. The number of aromatic hydroxyl groups is 1. The third-order valence-corrected chi connectivity index (χ3v) is 8.09. The monoisotopic (exact) mass is 528 g/mol. The van der Waals surface area contributed by atoms with Gasteiger partial charge in [0.25, 0.3) is 11.5 Å². The number of likely N-dealkylation sites (N-methyl/N-ethyl adjacent to an activating group) is 3. The zero-order valence-corrected chi connectivity index (χ0v) is 22.2. The third kappa shape index (κ3) is 4.42. The van der Waals surface area contributed by atoms with Gasteiger partial charge in [-0.25, -0.2) is 9.37 Å². The summed E-state index contributed by atoms with van der Waals surface area (Å²) in [5.74, 6) is -3.32. The Morgan fingerprint density at radius 2 is 1.63 bits per heavy atom. The normalized spacial score (nSPS) is 22.0. The van der Waals surface area contributed by atoms with Gasteiger partial charge in [-0.05, 0) is 57.5 Å². The summed E-state index contributed by atoms with van der Waals surface area (Å²) in [6, 6.07) is 5.53. The van der Waals surface area contributed by atoms with Gasteiger partial charge in [-0.3, -0.25) is 23.7 Å². The molecule has 1 aromatic carbocycles. The van der Waals surface area contributed by atoms with Gasteiger partial charge in [0.05, 0.1) is 0 Å². The molecule has 1 fully saturated rings. The molecule has 0 unspecified atom stereocenters. The molecule has 12 heteroatoms. The Labute approximate surface area is 219 Å². The minimum Gasteiger partial charge on any atom is -0.501 e. The molecule has 0 spiro atoms. The number of carbonyl (C=O) groups excluding carboxylic acids is 3. The van der Waals surface area contributed by atoms with Crippen molar-refractivity contribution in [1.82, 2.24) is 29.6 Å². The number of aromatic nitrogens is 2. The molecule has 38 heavy (non-hydrogen) atoms. The molecule has 1 aromatic heterocycles. The summed E-state index contributed by atoms with van der Waals surface area (Å²) < 4.78 is 14.6. The molecule has 11 nitrogen and oxygen atoms in total. The lowest BCUT2D eigenvalue weighted by Crippen LogP contribution is -2.56. The molecule has 2 aliphatic heterocycles. The fourth-order valence-corrected chi connectivity index (χ4v) is 5.48. The first-order valence-corrected chi connectivity index (χ1v) is 12.4. The van der Waals surface area contributed by atoms with Gasteiger partial charge in [0.1, 0.15) is 17.2 Å². The van der Waals surface area contributed by atoms with Gasteiger partial charge in [-0.2, -0.15) is 0 Å². The summed E-state index contributed by atoms with van der Waals surface area (Å²) >= 11 is 0. The summed E-state index contributed by atoms with van der Waals surface area (Å²) in [6.45, 7) is 0.223. The molecule has 2 aromatic rings. The van der Waals surface area contributed by atoms with Gasteiger partial charge in [0.2, 0.25) is 5.75 Å². The van der Waals surface area contributed by atoms with Gasteiger partial charge in [-0.15, -0.1) is 0 Å². The topological polar surface area (TPSA) is 128 Å². The molecule has 0 radical (unpaired) electrons. The number of rotatable bonds is 5. The van der Waals surface area contributed by atoms with E-state index in [1.165, 1.54) is 59.8 Å². The van der Waals surface area contributed by atoms with Crippen molar-refractivity contribution in [2.75, 3.05) is 35.2 Å². The highest BCUT2D eigenvalue weighted by atomic mass is 19.1. The summed E-state index contributed by atoms with van der Waals surface area (Å²) in [7, 11) is 8.30. The Morgan fingerprint density at radius 1 is 1.03 bits per heavy atom. The SMILES string of the molecule is CN(C)C(=O)C(=O)N(C)C12CCC(N(C)C)(CC1)Cn1c2nc(C(=O)NCc2ccc(F)cc2)c(O)c1=O. The van der Waals surface area contributed by atoms with Crippen molar-refractivity contribution in [3.63, 3.8) is 0 Å². The predicted molar refractivity (Wildman–Crippen MR) is 136 cm³/mol. The first-order chi connectivity index (χ1) is 17.8. The Bertz CT molecular complexity index is 1330. The number of hydrogen-bond donors (Lipinski definition) is 2. The number of carbonyl (C=O) groups is 3. The maximum Gasteiger partial charge on any atom is 0.312 e. The lowest BCUT2D eigenvalue weighted by Gasteiger charge is -2.48. The standard InChI is InChI=1S/C26H33FN6O5/c1-30(2)22(37)23(38)32(5)26-12-10-25(11-13-26,31(3)4)15-33-21(36)19(34)18(29-24(26)33)20(35)28-14-16-6-8-17(27)9-7-16/h6-9,34H,10-15H2,1-5H3,(H,28,35). The Balaban J connectivity index is 1.81. The number of fused-ring (bicyclic) bond motifs is 2. The van der Waals surface area contributed by atoms with Crippen LogP contribution in [0.15, 0.2) is 29.1 Å². The van der Waals surface area contributed by atoms with Crippen molar-refractivity contribution in [3.05, 3.63) is 57.5 Å². The third-order valence-electron chi connectivity index (χ3n) is 8.09. The summed E-state index contributed by atoms with van der Waals surface area (Å²) in [6.07, 6.45) is 2.01. The van der Waals surface area contributed by atoms with Crippen LogP contribution in [0.3, 0.4) is 0 Å². The molecule has 0 saturated heterocycles. The van der Waals surface area contributed by atoms with Crippen LogP contribution in [-0.4, -0.2) is 87.9 Å². The molecule has 1 saturated carbocycles. The first kappa shape index (κ1) is 27.2. The van der Waals surface area contributed by atoms with Crippen molar-refractivity contribution in [3.8, 4) is 5.75 Å². The second-order valence-corrected chi connectivity index (χ2v) is 10.5. The van der Waals surface area contributed by atoms with Crippen LogP contribution in [0.2, 0.25) is 0 Å². The highest BCUT2D eigenvalue weighted by molar-refractivity contribution is 6.34. The molecule has 2 bridgehead atoms. The van der Waals surface area contributed by atoms with Crippen LogP contribution in [0.25, 0.3) is 0 Å². The molecular formula is C26H33FN6O5. The number of hydrogen-bond acceptors (Lipinski definition) is 7. The average molecular weight is 529 g/mol. The fraction of sp³-hybridized carbons (Fsp3) is 0.500. The summed E-state index contributed by atoms with van der Waals surface area (Å²) in [5.41, 5.74) is -2.22. The van der Waals surface area contributed by atoms with E-state index in [4.69, 9.17) is 0 Å². The maximum absolute atomic E-state index is 13.5. The molecular weight excluding hydrogens is 495 g/mol. The molecule has 204 valence electrons. The predicted octanol–water partition coefficient (Wildman–Crippen LogP) is 0.648. The Hall–Kier alpha value is -3.80. The number of nitrogens with zero attached hydrogens (tertiary/aromatic N) is 5. The maximum atomic E-state index is 13.5. The van der Waals surface area contributed by atoms with E-state index >= 15 is 0 Å². The Kier molecular flexibility index (Phi) is 7.04. The van der Waals surface area contributed by atoms with Crippen molar-refractivity contribution < 1.29 is 23.9 Å². The van der Waals surface area contributed by atoms with Crippen LogP contribution in [-0.2, 0) is 28.2 Å². The summed E-state index contributed by atoms with van der Waals surface area (Å²) in [5, 5.41) is 13.4. The van der Waals surface area contributed by atoms with E-state index in [0.717, 1.165) is 0 Å². The van der Waals surface area contributed by atoms with Gasteiger partial charge >= 0.3 is 11.8 Å². The lowest BCUT2D eigenvalue weighted by molar-refractivity contribution is -0.155. The number of benzene rings is 1. The van der Waals surface area contributed by atoms with Crippen LogP contribution in [0.5, 0.6) is 5.75 Å². The van der Waals surface area contributed by atoms with E-state index < -0.39 is 51.6 Å². The minimum atomic E-state index is -1.14. The molecule has 0 atom stereocenters. The van der Waals surface area contributed by atoms with E-state index in [2.05, 4.69) is 10.3 Å². The van der Waals surface area contributed by atoms with Crippen molar-refractivity contribution in [2.24, 2.45) is 0 Å². The first-order valence-electron chi connectivity index (χ1n) is 12.4. The number of amides is 3. The molecule has 2 N–H and O–H groups in total. The fourth-order valence-electron chi connectivity index (χ4n) is 5.48. The van der Waals surface area contributed by atoms with E-state index in [-0.39, 0.29) is 18.9 Å². The molecule has 1 aliphatic carbocycles. The quantitative estimate of drug-likeness (QED) is 0.546. The van der Waals surface area contributed by atoms with Crippen LogP contribution in [0, 0.1) is 5.82 Å². The number of nitrogens with one attached hydrogen (secondary N) is 1. The van der Waals surface area contributed by atoms with E-state index in [0.29, 0.717) is 31.2 Å². The molecule has 3 heterocycles. The van der Waals surface area contributed by atoms with E-state index in [1.807, 2.05) is 19.0 Å². The van der Waals surface area contributed by atoms with Crippen molar-refractivity contribution >= 4 is 17.7 Å². The zero-order chi connectivity index (χ0) is 28.0. The minimum absolute atomic E-state index is 0.0171. The van der Waals surface area contributed by atoms with E-state index in [9.17, 15) is 28.7 Å². The van der Waals surface area contributed by atoms with Gasteiger partial charge in [0.15, 0.2) is 5.69 Å². The summed E-state index contributed by atoms with van der Waals surface area (Å²) in [4.78, 5) is 61.5. The highest BCUT2D eigenvalue weighted by Gasteiger charge is 2.55. The zero-order valence-electron chi connectivity index (χ0n) is 22.2. The molecule has 3 amide bonds. The van der Waals surface area contributed by atoms with Crippen LogP contribution in [0.4, 0.5) is 4.39 Å². The Morgan fingerprint density at radius 3 is 2.18 bits per heavy atom. The second-order valence-electron chi connectivity index (χ2n) is 10.5. The van der Waals surface area contributed by atoms with Crippen LogP contribution >= 0.6 is 0 Å². The van der Waals surface area contributed by atoms with Crippen molar-refractivity contribution in [2.45, 2.75) is 49.9 Å². The van der Waals surface area contributed by atoms with Gasteiger partial charge < -0.3 is 25.1 Å². The van der Waals surface area contributed by atoms with Crippen LogP contribution < -0.4 is 10.9 Å². The van der Waals surface area contributed by atoms with Crippen molar-refractivity contribution in [1.29, 1.82) is 0 Å². The van der Waals surface area contributed by atoms with Gasteiger partial charge in [-0.1, -0.05) is 12.1 Å². The lowest BCUT2D eigenvalue weighted by atomic mass is 9.72. The smallest absolute Gasteiger partial charge is 0.312 e. The van der Waals surface area contributed by atoms with Crippen LogP contribution in [0.1, 0.15) is 47.6 Å². The van der Waals surface area contributed by atoms with E-state index in [1.54, 1.807) is 0 Å². The molecule has 5 rings (SSSR count). The van der Waals surface area contributed by atoms with Gasteiger partial charge in [0, 0.05) is 39.8 Å².